The average molecular weight is 397 g/mol. The van der Waals surface area contributed by atoms with Crippen LogP contribution in [0.4, 0.5) is 0 Å². The summed E-state index contributed by atoms with van der Waals surface area (Å²) in [6.07, 6.45) is 1.51. The van der Waals surface area contributed by atoms with Gasteiger partial charge in [0.15, 0.2) is 11.7 Å². The van der Waals surface area contributed by atoms with E-state index < -0.39 is 0 Å². The molecule has 29 heavy (non-hydrogen) atoms. The van der Waals surface area contributed by atoms with Crippen molar-refractivity contribution in [2.45, 2.75) is 13.5 Å². The Morgan fingerprint density at radius 1 is 1.03 bits per heavy atom. The number of aliphatic imine (C=N–C) groups is 1. The third-order valence-electron chi connectivity index (χ3n) is 4.81. The Bertz CT molecular complexity index is 838. The Balaban J connectivity index is 1.50. The lowest BCUT2D eigenvalue weighted by atomic mass is 10.1. The van der Waals surface area contributed by atoms with Crippen molar-refractivity contribution in [3.05, 3.63) is 59.5 Å². The van der Waals surface area contributed by atoms with Crippen LogP contribution in [0.1, 0.15) is 33.4 Å². The van der Waals surface area contributed by atoms with Gasteiger partial charge in [0.2, 0.25) is 0 Å². The quantitative estimate of drug-likeness (QED) is 0.590. The van der Waals surface area contributed by atoms with Crippen LogP contribution in [0.25, 0.3) is 0 Å². The second-order valence-corrected chi connectivity index (χ2v) is 6.71. The molecule has 0 spiro atoms. The molecule has 154 valence electrons. The van der Waals surface area contributed by atoms with Crippen molar-refractivity contribution in [1.29, 1.82) is 0 Å². The highest BCUT2D eigenvalue weighted by Gasteiger charge is 2.25. The molecule has 2 amide bonds. The summed E-state index contributed by atoms with van der Waals surface area (Å²) in [6.45, 7) is 5.73. The van der Waals surface area contributed by atoms with E-state index in [2.05, 4.69) is 20.5 Å². The maximum absolute atomic E-state index is 12.4. The monoisotopic (exact) mass is 397 g/mol. The molecule has 0 bridgehead atoms. The second kappa shape index (κ2) is 9.77. The number of rotatable bonds is 5. The van der Waals surface area contributed by atoms with Gasteiger partial charge in [0.1, 0.15) is 0 Å². The molecular weight excluding hydrogens is 370 g/mol. The van der Waals surface area contributed by atoms with Crippen LogP contribution >= 0.6 is 0 Å². The van der Waals surface area contributed by atoms with E-state index in [9.17, 15) is 9.59 Å². The van der Waals surface area contributed by atoms with E-state index in [-0.39, 0.29) is 11.8 Å². The summed E-state index contributed by atoms with van der Waals surface area (Å²) in [5.41, 5.74) is 1.71. The first-order chi connectivity index (χ1) is 14.1. The summed E-state index contributed by atoms with van der Waals surface area (Å²) < 4.78 is 5.20. The molecule has 0 aliphatic carbocycles. The van der Waals surface area contributed by atoms with Crippen molar-refractivity contribution in [3.8, 4) is 0 Å². The van der Waals surface area contributed by atoms with Gasteiger partial charge in [-0.3, -0.25) is 14.6 Å². The standard InChI is InChI=1S/C21H27N5O3/c1-3-23-19(27)17-8-6-16(7-9-17)15-24-21(22-2)26-12-10-25(11-13-26)20(28)18-5-4-14-29-18/h4-9,14H,3,10-13,15H2,1-2H3,(H,22,24)(H,23,27). The molecule has 0 atom stereocenters. The van der Waals surface area contributed by atoms with Gasteiger partial charge < -0.3 is 24.9 Å². The SMILES string of the molecule is CCNC(=O)c1ccc(CNC(=NC)N2CCN(C(=O)c3ccco3)CC2)cc1. The third kappa shape index (κ3) is 5.16. The fourth-order valence-corrected chi connectivity index (χ4v) is 3.23. The van der Waals surface area contributed by atoms with Crippen molar-refractivity contribution in [1.82, 2.24) is 20.4 Å². The van der Waals surface area contributed by atoms with E-state index >= 15 is 0 Å². The topological polar surface area (TPSA) is 90.2 Å². The predicted molar refractivity (Wildman–Crippen MR) is 111 cm³/mol. The van der Waals surface area contributed by atoms with Crippen molar-refractivity contribution in [2.75, 3.05) is 39.8 Å². The molecule has 0 radical (unpaired) electrons. The number of benzene rings is 1. The average Bonchev–Trinajstić information content (AvgIpc) is 3.30. The van der Waals surface area contributed by atoms with E-state index in [1.165, 1.54) is 6.26 Å². The van der Waals surface area contributed by atoms with Crippen LogP contribution in [0.15, 0.2) is 52.1 Å². The minimum Gasteiger partial charge on any atom is -0.459 e. The normalized spacial score (nSPS) is 14.6. The first kappa shape index (κ1) is 20.4. The molecule has 2 heterocycles. The van der Waals surface area contributed by atoms with Gasteiger partial charge in [-0.05, 0) is 36.8 Å². The summed E-state index contributed by atoms with van der Waals surface area (Å²) in [4.78, 5) is 32.5. The Morgan fingerprint density at radius 3 is 2.31 bits per heavy atom. The maximum atomic E-state index is 12.4. The third-order valence-corrected chi connectivity index (χ3v) is 4.81. The zero-order valence-electron chi connectivity index (χ0n) is 16.9. The van der Waals surface area contributed by atoms with Gasteiger partial charge in [-0.25, -0.2) is 0 Å². The second-order valence-electron chi connectivity index (χ2n) is 6.71. The van der Waals surface area contributed by atoms with Crippen LogP contribution in [0.5, 0.6) is 0 Å². The molecule has 1 aliphatic rings. The molecule has 1 aliphatic heterocycles. The number of furan rings is 1. The molecule has 1 aromatic carbocycles. The van der Waals surface area contributed by atoms with Gasteiger partial charge in [-0.15, -0.1) is 0 Å². The Kier molecular flexibility index (Phi) is 6.89. The minimum absolute atomic E-state index is 0.0650. The molecule has 1 fully saturated rings. The number of nitrogens with zero attached hydrogens (tertiary/aromatic N) is 3. The molecule has 1 saturated heterocycles. The van der Waals surface area contributed by atoms with Gasteiger partial charge >= 0.3 is 0 Å². The predicted octanol–water partition coefficient (Wildman–Crippen LogP) is 1.56. The Hall–Kier alpha value is -3.29. The zero-order chi connectivity index (χ0) is 20.6. The fraction of sp³-hybridized carbons (Fsp3) is 0.381. The first-order valence-electron chi connectivity index (χ1n) is 9.78. The van der Waals surface area contributed by atoms with E-state index in [1.807, 2.05) is 31.2 Å². The lowest BCUT2D eigenvalue weighted by Gasteiger charge is -2.36. The Morgan fingerprint density at radius 2 is 1.72 bits per heavy atom. The van der Waals surface area contributed by atoms with E-state index in [4.69, 9.17) is 4.42 Å². The van der Waals surface area contributed by atoms with Crippen LogP contribution in [0, 0.1) is 0 Å². The molecule has 2 N–H and O–H groups in total. The van der Waals surface area contributed by atoms with Crippen molar-refractivity contribution in [2.24, 2.45) is 4.99 Å². The van der Waals surface area contributed by atoms with Crippen LogP contribution in [-0.2, 0) is 6.54 Å². The van der Waals surface area contributed by atoms with Gasteiger partial charge in [0.05, 0.1) is 6.26 Å². The number of amides is 2. The zero-order valence-corrected chi connectivity index (χ0v) is 16.9. The lowest BCUT2D eigenvalue weighted by Crippen LogP contribution is -2.53. The highest BCUT2D eigenvalue weighted by Crippen LogP contribution is 2.10. The number of piperazine rings is 1. The fourth-order valence-electron chi connectivity index (χ4n) is 3.23. The molecule has 0 saturated carbocycles. The van der Waals surface area contributed by atoms with Crippen LogP contribution < -0.4 is 10.6 Å². The number of hydrogen-bond donors (Lipinski definition) is 2. The van der Waals surface area contributed by atoms with Crippen LogP contribution in [0.3, 0.4) is 0 Å². The number of hydrogen-bond acceptors (Lipinski definition) is 4. The number of nitrogens with one attached hydrogen (secondary N) is 2. The summed E-state index contributed by atoms with van der Waals surface area (Å²) >= 11 is 0. The van der Waals surface area contributed by atoms with Gasteiger partial charge in [-0.1, -0.05) is 12.1 Å². The van der Waals surface area contributed by atoms with Crippen LogP contribution in [0.2, 0.25) is 0 Å². The molecule has 0 unspecified atom stereocenters. The van der Waals surface area contributed by atoms with E-state index in [1.54, 1.807) is 24.1 Å². The van der Waals surface area contributed by atoms with Gasteiger partial charge in [-0.2, -0.15) is 0 Å². The van der Waals surface area contributed by atoms with Crippen LogP contribution in [-0.4, -0.2) is 67.3 Å². The molecular formula is C21H27N5O3. The van der Waals surface area contributed by atoms with Crippen molar-refractivity contribution in [3.63, 3.8) is 0 Å². The maximum Gasteiger partial charge on any atom is 0.289 e. The highest BCUT2D eigenvalue weighted by atomic mass is 16.3. The smallest absolute Gasteiger partial charge is 0.289 e. The largest absolute Gasteiger partial charge is 0.459 e. The van der Waals surface area contributed by atoms with Crippen molar-refractivity contribution < 1.29 is 14.0 Å². The molecule has 1 aromatic heterocycles. The number of carbonyl (C=O) groups excluding carboxylic acids is 2. The summed E-state index contributed by atoms with van der Waals surface area (Å²) in [6, 6.07) is 10.9. The molecule has 3 rings (SSSR count). The first-order valence-corrected chi connectivity index (χ1v) is 9.78. The minimum atomic E-state index is -0.0789. The van der Waals surface area contributed by atoms with Gasteiger partial charge in [0.25, 0.3) is 11.8 Å². The van der Waals surface area contributed by atoms with E-state index in [0.717, 1.165) is 11.5 Å². The number of guanidine groups is 1. The molecule has 8 nitrogen and oxygen atoms in total. The van der Waals surface area contributed by atoms with Gasteiger partial charge in [0, 0.05) is 51.9 Å². The summed E-state index contributed by atoms with van der Waals surface area (Å²) in [7, 11) is 1.75. The van der Waals surface area contributed by atoms with E-state index in [0.29, 0.717) is 50.6 Å². The lowest BCUT2D eigenvalue weighted by molar-refractivity contribution is 0.0657. The molecule has 2 aromatic rings. The number of carbonyl (C=O) groups is 2. The van der Waals surface area contributed by atoms with Crippen molar-refractivity contribution >= 4 is 17.8 Å². The summed E-state index contributed by atoms with van der Waals surface area (Å²) in [5, 5.41) is 6.14. The Labute approximate surface area is 170 Å². The molecule has 8 heteroatoms. The highest BCUT2D eigenvalue weighted by molar-refractivity contribution is 5.94. The summed E-state index contributed by atoms with van der Waals surface area (Å²) in [5.74, 6) is 1.02.